The number of esters is 1. The first kappa shape index (κ1) is 13.5. The summed E-state index contributed by atoms with van der Waals surface area (Å²) in [5, 5.41) is 10.6. The van der Waals surface area contributed by atoms with Crippen LogP contribution in [0.2, 0.25) is 0 Å². The van der Waals surface area contributed by atoms with Gasteiger partial charge in [-0.05, 0) is 23.8 Å². The minimum Gasteiger partial charge on any atom is -0.423 e. The zero-order chi connectivity index (χ0) is 14.4. The standard InChI is InChI=1S/C15H11NO4/c17-15(20-14-7-2-1-3-8-14)10-9-12-5-4-6-13(11-12)16(18)19/h1-11H/b10-9+. The second kappa shape index (κ2) is 6.29. The molecule has 100 valence electrons. The van der Waals surface area contributed by atoms with Crippen molar-refractivity contribution in [1.82, 2.24) is 0 Å². The van der Waals surface area contributed by atoms with Gasteiger partial charge in [-0.15, -0.1) is 0 Å². The lowest BCUT2D eigenvalue weighted by Crippen LogP contribution is -2.03. The number of nitro benzene ring substituents is 1. The Labute approximate surface area is 115 Å². The predicted molar refractivity (Wildman–Crippen MR) is 74.2 cm³/mol. The van der Waals surface area contributed by atoms with Crippen LogP contribution in [0.1, 0.15) is 5.56 Å². The van der Waals surface area contributed by atoms with Crippen LogP contribution in [0.3, 0.4) is 0 Å². The maximum absolute atomic E-state index is 11.6. The van der Waals surface area contributed by atoms with Crippen LogP contribution in [0.15, 0.2) is 60.7 Å². The molecule has 0 unspecified atom stereocenters. The number of benzene rings is 2. The average molecular weight is 269 g/mol. The fraction of sp³-hybridized carbons (Fsp3) is 0. The van der Waals surface area contributed by atoms with Crippen LogP contribution < -0.4 is 4.74 Å². The molecule has 0 aromatic heterocycles. The summed E-state index contributed by atoms with van der Waals surface area (Å²) in [7, 11) is 0. The van der Waals surface area contributed by atoms with Crippen LogP contribution in [-0.4, -0.2) is 10.9 Å². The molecule has 20 heavy (non-hydrogen) atoms. The highest BCUT2D eigenvalue weighted by molar-refractivity contribution is 5.88. The lowest BCUT2D eigenvalue weighted by molar-refractivity contribution is -0.384. The lowest BCUT2D eigenvalue weighted by atomic mass is 10.2. The maximum atomic E-state index is 11.6. The van der Waals surface area contributed by atoms with E-state index in [-0.39, 0.29) is 5.69 Å². The zero-order valence-electron chi connectivity index (χ0n) is 10.4. The molecule has 0 aliphatic carbocycles. The summed E-state index contributed by atoms with van der Waals surface area (Å²) in [5.41, 5.74) is 0.535. The molecular formula is C15H11NO4. The molecule has 0 fully saturated rings. The van der Waals surface area contributed by atoms with Gasteiger partial charge >= 0.3 is 5.97 Å². The van der Waals surface area contributed by atoms with Crippen molar-refractivity contribution in [2.75, 3.05) is 0 Å². The molecule has 0 saturated heterocycles. The van der Waals surface area contributed by atoms with Crippen molar-refractivity contribution in [3.05, 3.63) is 76.4 Å². The molecule has 2 aromatic carbocycles. The van der Waals surface area contributed by atoms with Gasteiger partial charge in [-0.3, -0.25) is 10.1 Å². The molecule has 0 heterocycles. The minimum atomic E-state index is -0.539. The van der Waals surface area contributed by atoms with E-state index in [2.05, 4.69) is 0 Å². The third kappa shape index (κ3) is 3.78. The van der Waals surface area contributed by atoms with Gasteiger partial charge in [-0.2, -0.15) is 0 Å². The normalized spacial score (nSPS) is 10.4. The number of hydrogen-bond donors (Lipinski definition) is 0. The van der Waals surface area contributed by atoms with Crippen LogP contribution in [0.4, 0.5) is 5.69 Å². The number of para-hydroxylation sites is 1. The molecule has 0 atom stereocenters. The van der Waals surface area contributed by atoms with Crippen molar-refractivity contribution in [2.24, 2.45) is 0 Å². The quantitative estimate of drug-likeness (QED) is 0.281. The van der Waals surface area contributed by atoms with Gasteiger partial charge in [0.1, 0.15) is 5.75 Å². The summed E-state index contributed by atoms with van der Waals surface area (Å²) in [6.45, 7) is 0. The van der Waals surface area contributed by atoms with Gasteiger partial charge in [-0.25, -0.2) is 4.79 Å². The molecule has 0 bridgehead atoms. The number of hydrogen-bond acceptors (Lipinski definition) is 4. The SMILES string of the molecule is O=C(/C=C/c1cccc([N+](=O)[O-])c1)Oc1ccccc1. The molecule has 0 N–H and O–H groups in total. The average Bonchev–Trinajstić information content (AvgIpc) is 2.46. The van der Waals surface area contributed by atoms with Crippen molar-refractivity contribution in [3.8, 4) is 5.75 Å². The van der Waals surface area contributed by atoms with Crippen LogP contribution in [0.5, 0.6) is 5.75 Å². The Morgan fingerprint density at radius 1 is 1.10 bits per heavy atom. The molecule has 0 aliphatic heterocycles. The number of carbonyl (C=O) groups is 1. The monoisotopic (exact) mass is 269 g/mol. The molecule has 2 rings (SSSR count). The number of carbonyl (C=O) groups excluding carboxylic acids is 1. The molecule has 2 aromatic rings. The van der Waals surface area contributed by atoms with E-state index in [1.807, 2.05) is 6.07 Å². The number of rotatable bonds is 4. The van der Waals surface area contributed by atoms with E-state index in [1.165, 1.54) is 24.3 Å². The fourth-order valence-corrected chi connectivity index (χ4v) is 1.55. The molecule has 0 aliphatic rings. The number of nitro groups is 1. The van der Waals surface area contributed by atoms with Gasteiger partial charge in [0.2, 0.25) is 0 Å². The summed E-state index contributed by atoms with van der Waals surface area (Å²) in [5.74, 6) is -0.0936. The van der Waals surface area contributed by atoms with Gasteiger partial charge in [0.15, 0.2) is 0 Å². The van der Waals surface area contributed by atoms with E-state index in [9.17, 15) is 14.9 Å². The summed E-state index contributed by atoms with van der Waals surface area (Å²) >= 11 is 0. The molecule has 5 heteroatoms. The van der Waals surface area contributed by atoms with Gasteiger partial charge < -0.3 is 4.74 Å². The third-order valence-electron chi connectivity index (χ3n) is 2.45. The van der Waals surface area contributed by atoms with Crippen molar-refractivity contribution in [2.45, 2.75) is 0 Å². The number of ether oxygens (including phenoxy) is 1. The fourth-order valence-electron chi connectivity index (χ4n) is 1.55. The Morgan fingerprint density at radius 3 is 2.55 bits per heavy atom. The first-order valence-electron chi connectivity index (χ1n) is 5.84. The zero-order valence-corrected chi connectivity index (χ0v) is 10.4. The van der Waals surface area contributed by atoms with E-state index >= 15 is 0 Å². The largest absolute Gasteiger partial charge is 0.423 e. The second-order valence-corrected chi connectivity index (χ2v) is 3.92. The smallest absolute Gasteiger partial charge is 0.336 e. The van der Waals surface area contributed by atoms with E-state index in [1.54, 1.807) is 36.4 Å². The van der Waals surface area contributed by atoms with Gasteiger partial charge in [-0.1, -0.05) is 30.3 Å². The number of nitrogens with zero attached hydrogens (tertiary/aromatic N) is 1. The van der Waals surface area contributed by atoms with Crippen LogP contribution >= 0.6 is 0 Å². The van der Waals surface area contributed by atoms with E-state index in [0.717, 1.165) is 0 Å². The van der Waals surface area contributed by atoms with Gasteiger partial charge in [0, 0.05) is 18.2 Å². The van der Waals surface area contributed by atoms with Crippen LogP contribution in [0, 0.1) is 10.1 Å². The Balaban J connectivity index is 2.04. The Kier molecular flexibility index (Phi) is 4.24. The summed E-state index contributed by atoms with van der Waals surface area (Å²) in [6, 6.07) is 14.7. The first-order valence-corrected chi connectivity index (χ1v) is 5.84. The highest BCUT2D eigenvalue weighted by atomic mass is 16.6. The van der Waals surface area contributed by atoms with Crippen LogP contribution in [0.25, 0.3) is 6.08 Å². The highest BCUT2D eigenvalue weighted by Gasteiger charge is 2.04. The number of non-ortho nitro benzene ring substituents is 1. The second-order valence-electron chi connectivity index (χ2n) is 3.92. The molecular weight excluding hydrogens is 258 g/mol. The summed E-state index contributed by atoms with van der Waals surface area (Å²) in [6.07, 6.45) is 2.70. The van der Waals surface area contributed by atoms with Crippen LogP contribution in [-0.2, 0) is 4.79 Å². The topological polar surface area (TPSA) is 69.4 Å². The van der Waals surface area contributed by atoms with Crippen molar-refractivity contribution in [3.63, 3.8) is 0 Å². The first-order chi connectivity index (χ1) is 9.65. The van der Waals surface area contributed by atoms with Crippen molar-refractivity contribution < 1.29 is 14.5 Å². The highest BCUT2D eigenvalue weighted by Crippen LogP contribution is 2.14. The molecule has 0 saturated carbocycles. The van der Waals surface area contributed by atoms with E-state index < -0.39 is 10.9 Å². The summed E-state index contributed by atoms with van der Waals surface area (Å²) < 4.78 is 5.05. The molecule has 0 radical (unpaired) electrons. The summed E-state index contributed by atoms with van der Waals surface area (Å²) in [4.78, 5) is 21.7. The van der Waals surface area contributed by atoms with Gasteiger partial charge in [0.05, 0.1) is 4.92 Å². The Morgan fingerprint density at radius 2 is 1.85 bits per heavy atom. The molecule has 0 spiro atoms. The molecule has 0 amide bonds. The van der Waals surface area contributed by atoms with Crippen molar-refractivity contribution >= 4 is 17.7 Å². The van der Waals surface area contributed by atoms with E-state index in [0.29, 0.717) is 11.3 Å². The van der Waals surface area contributed by atoms with E-state index in [4.69, 9.17) is 4.74 Å². The lowest BCUT2D eigenvalue weighted by Gasteiger charge is -1.99. The van der Waals surface area contributed by atoms with Gasteiger partial charge in [0.25, 0.3) is 5.69 Å². The maximum Gasteiger partial charge on any atom is 0.336 e. The Bertz CT molecular complexity index is 650. The molecule has 5 nitrogen and oxygen atoms in total. The Hall–Kier alpha value is -2.95. The predicted octanol–water partition coefficient (Wildman–Crippen LogP) is 3.21. The van der Waals surface area contributed by atoms with Crippen molar-refractivity contribution in [1.29, 1.82) is 0 Å². The third-order valence-corrected chi connectivity index (χ3v) is 2.45. The minimum absolute atomic E-state index is 0.0245.